The van der Waals surface area contributed by atoms with Crippen LogP contribution in [-0.2, 0) is 19.4 Å². The first-order valence-electron chi connectivity index (χ1n) is 14.1. The molecule has 0 N–H and O–H groups in total. The summed E-state index contributed by atoms with van der Waals surface area (Å²) in [7, 11) is -1.73. The van der Waals surface area contributed by atoms with Crippen molar-refractivity contribution >= 4 is 38.9 Å². The van der Waals surface area contributed by atoms with Crippen LogP contribution >= 0.6 is 11.6 Å². The fraction of sp³-hybridized carbons (Fsp3) is 0.533. The molecule has 1 saturated heterocycles. The van der Waals surface area contributed by atoms with Gasteiger partial charge in [0.25, 0.3) is 0 Å². The summed E-state index contributed by atoms with van der Waals surface area (Å²) in [6.45, 7) is 6.09. The molecule has 1 saturated carbocycles. The molecule has 4 rings (SSSR count). The second kappa shape index (κ2) is 12.5. The van der Waals surface area contributed by atoms with Gasteiger partial charge in [-0.05, 0) is 89.8 Å². The Labute approximate surface area is 250 Å². The Morgan fingerprint density at radius 1 is 1.10 bits per heavy atom. The molecule has 230 valence electrons. The van der Waals surface area contributed by atoms with Gasteiger partial charge in [0, 0.05) is 35.4 Å². The molecule has 1 heterocycles. The highest BCUT2D eigenvalue weighted by Crippen LogP contribution is 2.38. The Hall–Kier alpha value is -2.63. The quantitative estimate of drug-likeness (QED) is 0.387. The van der Waals surface area contributed by atoms with E-state index in [1.54, 1.807) is 24.3 Å². The van der Waals surface area contributed by atoms with E-state index >= 15 is 0 Å². The van der Waals surface area contributed by atoms with Crippen molar-refractivity contribution in [2.45, 2.75) is 81.7 Å². The highest BCUT2D eigenvalue weighted by atomic mass is 35.5. The van der Waals surface area contributed by atoms with E-state index < -0.39 is 45.8 Å². The molecule has 4 atom stereocenters. The first-order chi connectivity index (χ1) is 19.6. The molecule has 0 radical (unpaired) electrons. The van der Waals surface area contributed by atoms with Gasteiger partial charge in [0.1, 0.15) is 6.04 Å². The predicted octanol–water partition coefficient (Wildman–Crippen LogP) is 5.50. The zero-order valence-corrected chi connectivity index (χ0v) is 25.7. The van der Waals surface area contributed by atoms with Crippen molar-refractivity contribution in [3.63, 3.8) is 0 Å². The third-order valence-electron chi connectivity index (χ3n) is 8.59. The van der Waals surface area contributed by atoms with Crippen LogP contribution in [0.3, 0.4) is 0 Å². The lowest BCUT2D eigenvalue weighted by Crippen LogP contribution is -2.55. The van der Waals surface area contributed by atoms with E-state index in [1.165, 1.54) is 29.2 Å². The summed E-state index contributed by atoms with van der Waals surface area (Å²) in [5.74, 6) is -3.41. The lowest BCUT2D eigenvalue weighted by molar-refractivity contribution is -0.171. The lowest BCUT2D eigenvalue weighted by atomic mass is 9.81. The van der Waals surface area contributed by atoms with Gasteiger partial charge < -0.3 is 9.80 Å². The van der Waals surface area contributed by atoms with Gasteiger partial charge >= 0.3 is 12.1 Å². The number of benzene rings is 2. The van der Waals surface area contributed by atoms with Crippen molar-refractivity contribution in [1.29, 1.82) is 0 Å². The first kappa shape index (κ1) is 32.3. The van der Waals surface area contributed by atoms with Crippen molar-refractivity contribution in [3.8, 4) is 0 Å². The Balaban J connectivity index is 1.65. The average molecular weight is 628 g/mol. The molecule has 2 aromatic rings. The van der Waals surface area contributed by atoms with Gasteiger partial charge in [0.05, 0.1) is 10.6 Å². The van der Waals surface area contributed by atoms with Crippen LogP contribution in [0, 0.1) is 12.8 Å². The van der Waals surface area contributed by atoms with Crippen molar-refractivity contribution in [3.05, 3.63) is 59.1 Å². The summed E-state index contributed by atoms with van der Waals surface area (Å²) >= 11 is 6.03. The van der Waals surface area contributed by atoms with E-state index in [0.29, 0.717) is 24.2 Å². The number of carbonyl (C=O) groups is 2. The molecule has 12 heteroatoms. The molecule has 0 bridgehead atoms. The Morgan fingerprint density at radius 3 is 2.36 bits per heavy atom. The molecular formula is C30H37ClF3N3O4S. The zero-order chi connectivity index (χ0) is 31.0. The second-order valence-corrected chi connectivity index (χ2v) is 14.1. The van der Waals surface area contributed by atoms with Gasteiger partial charge in [-0.25, -0.2) is 8.42 Å². The number of nitrogens with zero attached hydrogens (tertiary/aromatic N) is 3. The predicted molar refractivity (Wildman–Crippen MR) is 156 cm³/mol. The number of carbonyl (C=O) groups excluding carboxylic acids is 2. The van der Waals surface area contributed by atoms with Gasteiger partial charge in [0.15, 0.2) is 9.84 Å². The SMILES string of the molecule is Cc1ccc(S(=O)(=O)C[C@H]2C[C@H](N(C)C(C)C)CC[C@@H]2N2CC[C@H](N(C(=O)C(F)(F)F)c3cccc(Cl)c3)C2=O)cc1. The van der Waals surface area contributed by atoms with Gasteiger partial charge in [-0.3, -0.25) is 14.5 Å². The zero-order valence-electron chi connectivity index (χ0n) is 24.1. The van der Waals surface area contributed by atoms with Gasteiger partial charge in [-0.1, -0.05) is 35.4 Å². The van der Waals surface area contributed by atoms with E-state index in [-0.39, 0.29) is 46.4 Å². The maximum atomic E-state index is 13.8. The van der Waals surface area contributed by atoms with E-state index in [4.69, 9.17) is 11.6 Å². The van der Waals surface area contributed by atoms with Crippen LogP contribution in [0.1, 0.15) is 45.1 Å². The number of rotatable bonds is 8. The number of alkyl halides is 3. The number of halogens is 4. The largest absolute Gasteiger partial charge is 0.471 e. The number of amides is 2. The summed E-state index contributed by atoms with van der Waals surface area (Å²) < 4.78 is 68.2. The molecule has 2 amide bonds. The van der Waals surface area contributed by atoms with Crippen LogP contribution < -0.4 is 4.90 Å². The maximum Gasteiger partial charge on any atom is 0.471 e. The molecule has 0 unspecified atom stereocenters. The van der Waals surface area contributed by atoms with Gasteiger partial charge in [-0.15, -0.1) is 0 Å². The van der Waals surface area contributed by atoms with E-state index in [9.17, 15) is 31.2 Å². The summed E-state index contributed by atoms with van der Waals surface area (Å²) in [6, 6.07) is 10.5. The molecule has 2 aliphatic rings. The molecule has 2 fully saturated rings. The van der Waals surface area contributed by atoms with Crippen LogP contribution in [0.15, 0.2) is 53.4 Å². The Kier molecular flexibility index (Phi) is 9.64. The third-order valence-corrected chi connectivity index (χ3v) is 10.7. The van der Waals surface area contributed by atoms with Crippen LogP contribution in [0.2, 0.25) is 5.02 Å². The minimum absolute atomic E-state index is 0.0174. The highest BCUT2D eigenvalue weighted by Gasteiger charge is 2.51. The molecular weight excluding hydrogens is 591 g/mol. The molecule has 42 heavy (non-hydrogen) atoms. The molecule has 1 aliphatic heterocycles. The standard InChI is InChI=1S/C30H37ClF3N3O4S/c1-19(2)35(4)23-10-13-26(21(16-23)18-42(40,41)25-11-8-20(3)9-12-25)36-15-14-27(28(36)38)37(29(39)30(32,33)34)24-7-5-6-22(31)17-24/h5-9,11-12,17,19,21,23,26-27H,10,13-16,18H2,1-4H3/t21-,23-,26+,27+/m1/s1. The first-order valence-corrected chi connectivity index (χ1v) is 16.1. The average Bonchev–Trinajstić information content (AvgIpc) is 3.28. The number of sulfone groups is 1. The summed E-state index contributed by atoms with van der Waals surface area (Å²) in [6.07, 6.45) is -3.51. The lowest BCUT2D eigenvalue weighted by Gasteiger charge is -2.44. The topological polar surface area (TPSA) is 78.0 Å². The monoisotopic (exact) mass is 627 g/mol. The summed E-state index contributed by atoms with van der Waals surface area (Å²) in [5.41, 5.74) is 0.806. The summed E-state index contributed by atoms with van der Waals surface area (Å²) in [4.78, 5) is 30.8. The van der Waals surface area contributed by atoms with Crippen molar-refractivity contribution in [2.24, 2.45) is 5.92 Å². The van der Waals surface area contributed by atoms with E-state index in [1.807, 2.05) is 14.0 Å². The number of anilines is 1. The highest BCUT2D eigenvalue weighted by molar-refractivity contribution is 7.91. The molecule has 0 spiro atoms. The third kappa shape index (κ3) is 6.94. The van der Waals surface area contributed by atoms with Crippen LogP contribution in [0.4, 0.5) is 18.9 Å². The van der Waals surface area contributed by atoms with E-state index in [0.717, 1.165) is 5.56 Å². The fourth-order valence-corrected chi connectivity index (χ4v) is 8.03. The molecule has 1 aliphatic carbocycles. The number of aryl methyl sites for hydroxylation is 1. The Bertz CT molecular complexity index is 1400. The molecule has 7 nitrogen and oxygen atoms in total. The van der Waals surface area contributed by atoms with Crippen molar-refractivity contribution in [2.75, 3.05) is 24.2 Å². The summed E-state index contributed by atoms with van der Waals surface area (Å²) in [5, 5.41) is 0.128. The smallest absolute Gasteiger partial charge is 0.338 e. The second-order valence-electron chi connectivity index (χ2n) is 11.6. The minimum atomic E-state index is -5.21. The van der Waals surface area contributed by atoms with Gasteiger partial charge in [-0.2, -0.15) is 13.2 Å². The van der Waals surface area contributed by atoms with Crippen LogP contribution in [0.25, 0.3) is 0 Å². The maximum absolute atomic E-state index is 13.8. The van der Waals surface area contributed by atoms with E-state index in [2.05, 4.69) is 18.7 Å². The molecule has 2 aromatic carbocycles. The van der Waals surface area contributed by atoms with Crippen LogP contribution in [-0.4, -0.2) is 79.7 Å². The minimum Gasteiger partial charge on any atom is -0.338 e. The van der Waals surface area contributed by atoms with Crippen LogP contribution in [0.5, 0.6) is 0 Å². The molecule has 0 aromatic heterocycles. The normalized spacial score (nSPS) is 23.6. The number of hydrogen-bond acceptors (Lipinski definition) is 5. The number of likely N-dealkylation sites (tertiary alicyclic amines) is 1. The van der Waals surface area contributed by atoms with Crippen molar-refractivity contribution in [1.82, 2.24) is 9.80 Å². The Morgan fingerprint density at radius 2 is 1.76 bits per heavy atom. The fourth-order valence-electron chi connectivity index (χ4n) is 6.18. The van der Waals surface area contributed by atoms with Crippen molar-refractivity contribution < 1.29 is 31.2 Å². The number of hydrogen-bond donors (Lipinski definition) is 0. The van der Waals surface area contributed by atoms with Gasteiger partial charge in [0.2, 0.25) is 5.91 Å².